The van der Waals surface area contributed by atoms with Crippen molar-refractivity contribution in [2.45, 2.75) is 31.9 Å². The maximum atomic E-state index is 5.82. The molecule has 0 aliphatic carbocycles. The van der Waals surface area contributed by atoms with E-state index in [9.17, 15) is 0 Å². The lowest BCUT2D eigenvalue weighted by molar-refractivity contribution is -0.0367. The van der Waals surface area contributed by atoms with E-state index in [0.717, 1.165) is 49.1 Å². The molecule has 2 aliphatic rings. The van der Waals surface area contributed by atoms with Crippen molar-refractivity contribution in [3.8, 4) is 0 Å². The Bertz CT molecular complexity index is 671. The SMILES string of the molecule is C1=C(c2cc3cnn(C4CCCCO4)c3cn2)COCC1. The van der Waals surface area contributed by atoms with Crippen molar-refractivity contribution in [3.63, 3.8) is 0 Å². The maximum Gasteiger partial charge on any atom is 0.150 e. The number of fused-ring (bicyclic) bond motifs is 1. The summed E-state index contributed by atoms with van der Waals surface area (Å²) in [6.07, 6.45) is 10.4. The van der Waals surface area contributed by atoms with Gasteiger partial charge >= 0.3 is 0 Å². The highest BCUT2D eigenvalue weighted by molar-refractivity contribution is 5.81. The van der Waals surface area contributed by atoms with Gasteiger partial charge in [0.15, 0.2) is 6.23 Å². The zero-order valence-corrected chi connectivity index (χ0v) is 12.0. The molecule has 4 rings (SSSR count). The molecule has 1 fully saturated rings. The number of aromatic nitrogens is 3. The summed E-state index contributed by atoms with van der Waals surface area (Å²) in [5, 5.41) is 5.62. The first-order chi connectivity index (χ1) is 10.4. The Morgan fingerprint density at radius 3 is 3.00 bits per heavy atom. The molecule has 1 saturated heterocycles. The Morgan fingerprint density at radius 2 is 2.19 bits per heavy atom. The second kappa shape index (κ2) is 5.58. The zero-order valence-electron chi connectivity index (χ0n) is 12.0. The van der Waals surface area contributed by atoms with Gasteiger partial charge in [-0.1, -0.05) is 6.08 Å². The van der Waals surface area contributed by atoms with Gasteiger partial charge in [-0.2, -0.15) is 5.10 Å². The zero-order chi connectivity index (χ0) is 14.1. The van der Waals surface area contributed by atoms with Crippen LogP contribution in [0.4, 0.5) is 0 Å². The van der Waals surface area contributed by atoms with Crippen molar-refractivity contribution in [1.82, 2.24) is 14.8 Å². The molecule has 0 N–H and O–H groups in total. The second-order valence-electron chi connectivity index (χ2n) is 5.61. The van der Waals surface area contributed by atoms with Gasteiger partial charge in [0, 0.05) is 12.0 Å². The van der Waals surface area contributed by atoms with Gasteiger partial charge in [-0.25, -0.2) is 4.68 Å². The van der Waals surface area contributed by atoms with Gasteiger partial charge in [-0.05, 0) is 37.3 Å². The smallest absolute Gasteiger partial charge is 0.150 e. The summed E-state index contributed by atoms with van der Waals surface area (Å²) in [5.74, 6) is 0. The molecule has 5 nitrogen and oxygen atoms in total. The summed E-state index contributed by atoms with van der Waals surface area (Å²) in [5.41, 5.74) is 3.21. The second-order valence-corrected chi connectivity index (χ2v) is 5.61. The highest BCUT2D eigenvalue weighted by atomic mass is 16.5. The van der Waals surface area contributed by atoms with Gasteiger partial charge < -0.3 is 9.47 Å². The van der Waals surface area contributed by atoms with Crippen LogP contribution < -0.4 is 0 Å². The molecule has 0 radical (unpaired) electrons. The topological polar surface area (TPSA) is 49.2 Å². The minimum absolute atomic E-state index is 0.0566. The van der Waals surface area contributed by atoms with E-state index in [-0.39, 0.29) is 6.23 Å². The maximum absolute atomic E-state index is 5.82. The van der Waals surface area contributed by atoms with Gasteiger partial charge in [0.05, 0.1) is 36.8 Å². The monoisotopic (exact) mass is 285 g/mol. The van der Waals surface area contributed by atoms with E-state index in [4.69, 9.17) is 9.47 Å². The first-order valence-electron chi connectivity index (χ1n) is 7.64. The number of nitrogens with zero attached hydrogens (tertiary/aromatic N) is 3. The van der Waals surface area contributed by atoms with E-state index in [1.54, 1.807) is 0 Å². The Labute approximate surface area is 123 Å². The third kappa shape index (κ3) is 2.47. The van der Waals surface area contributed by atoms with Gasteiger partial charge in [-0.3, -0.25) is 4.98 Å². The fourth-order valence-electron chi connectivity index (χ4n) is 3.00. The largest absolute Gasteiger partial charge is 0.376 e. The predicted molar refractivity (Wildman–Crippen MR) is 79.8 cm³/mol. The summed E-state index contributed by atoms with van der Waals surface area (Å²) >= 11 is 0. The van der Waals surface area contributed by atoms with Crippen molar-refractivity contribution in [1.29, 1.82) is 0 Å². The first kappa shape index (κ1) is 13.0. The molecule has 0 bridgehead atoms. The van der Waals surface area contributed by atoms with Crippen molar-refractivity contribution < 1.29 is 9.47 Å². The van der Waals surface area contributed by atoms with E-state index >= 15 is 0 Å². The van der Waals surface area contributed by atoms with E-state index in [0.29, 0.717) is 6.61 Å². The van der Waals surface area contributed by atoms with Crippen molar-refractivity contribution in [2.75, 3.05) is 19.8 Å². The van der Waals surface area contributed by atoms with Crippen LogP contribution in [0, 0.1) is 0 Å². The Hall–Kier alpha value is -1.72. The van der Waals surface area contributed by atoms with E-state index < -0.39 is 0 Å². The number of hydrogen-bond acceptors (Lipinski definition) is 4. The fraction of sp³-hybridized carbons (Fsp3) is 0.500. The van der Waals surface area contributed by atoms with Crippen LogP contribution in [-0.2, 0) is 9.47 Å². The molecule has 0 spiro atoms. The van der Waals surface area contributed by atoms with Crippen LogP contribution in [0.3, 0.4) is 0 Å². The summed E-state index contributed by atoms with van der Waals surface area (Å²) in [7, 11) is 0. The predicted octanol–water partition coefficient (Wildman–Crippen LogP) is 2.93. The average molecular weight is 285 g/mol. The minimum Gasteiger partial charge on any atom is -0.376 e. The lowest BCUT2D eigenvalue weighted by Gasteiger charge is -2.23. The molecule has 0 amide bonds. The van der Waals surface area contributed by atoms with Gasteiger partial charge in [-0.15, -0.1) is 0 Å². The van der Waals surface area contributed by atoms with Crippen molar-refractivity contribution >= 4 is 16.5 Å². The number of pyridine rings is 1. The molecule has 0 saturated carbocycles. The molecule has 21 heavy (non-hydrogen) atoms. The molecule has 110 valence electrons. The number of rotatable bonds is 2. The molecular formula is C16H19N3O2. The number of ether oxygens (including phenoxy) is 2. The lowest BCUT2D eigenvalue weighted by Crippen LogP contribution is -2.19. The first-order valence-corrected chi connectivity index (χ1v) is 7.64. The van der Waals surface area contributed by atoms with Gasteiger partial charge in [0.25, 0.3) is 0 Å². The van der Waals surface area contributed by atoms with Crippen LogP contribution >= 0.6 is 0 Å². The molecule has 2 aliphatic heterocycles. The van der Waals surface area contributed by atoms with E-state index in [1.165, 1.54) is 12.0 Å². The fourth-order valence-corrected chi connectivity index (χ4v) is 3.00. The van der Waals surface area contributed by atoms with Gasteiger partial charge in [0.1, 0.15) is 0 Å². The normalized spacial score (nSPS) is 23.2. The van der Waals surface area contributed by atoms with E-state index in [1.807, 2.05) is 17.1 Å². The molecule has 5 heteroatoms. The lowest BCUT2D eigenvalue weighted by atomic mass is 10.1. The van der Waals surface area contributed by atoms with Crippen LogP contribution in [0.15, 0.2) is 24.5 Å². The van der Waals surface area contributed by atoms with Crippen LogP contribution in [-0.4, -0.2) is 34.6 Å². The summed E-state index contributed by atoms with van der Waals surface area (Å²) in [4.78, 5) is 4.59. The van der Waals surface area contributed by atoms with Gasteiger partial charge in [0.2, 0.25) is 0 Å². The minimum atomic E-state index is 0.0566. The molecule has 2 aromatic rings. The summed E-state index contributed by atoms with van der Waals surface area (Å²) in [6, 6.07) is 2.10. The molecule has 2 aromatic heterocycles. The van der Waals surface area contributed by atoms with Crippen molar-refractivity contribution in [2.24, 2.45) is 0 Å². The summed E-state index contributed by atoms with van der Waals surface area (Å²) in [6.45, 7) is 2.28. The number of hydrogen-bond donors (Lipinski definition) is 0. The molecule has 1 unspecified atom stereocenters. The molecule has 0 aromatic carbocycles. The highest BCUT2D eigenvalue weighted by Crippen LogP contribution is 2.27. The Kier molecular flexibility index (Phi) is 3.45. The van der Waals surface area contributed by atoms with Crippen LogP contribution in [0.25, 0.3) is 16.5 Å². The molecule has 1 atom stereocenters. The Balaban J connectivity index is 1.68. The third-order valence-electron chi connectivity index (χ3n) is 4.15. The summed E-state index contributed by atoms with van der Waals surface area (Å²) < 4.78 is 13.3. The Morgan fingerprint density at radius 1 is 1.19 bits per heavy atom. The molecular weight excluding hydrogens is 266 g/mol. The van der Waals surface area contributed by atoms with Crippen LogP contribution in [0.1, 0.15) is 37.6 Å². The standard InChI is InChI=1S/C16H19N3O2/c1-2-7-21-16(5-1)19-15-10-17-14(8-13(15)9-18-19)12-4-3-6-20-11-12/h4,8-10,16H,1-3,5-7,11H2. The van der Waals surface area contributed by atoms with Crippen LogP contribution in [0.5, 0.6) is 0 Å². The van der Waals surface area contributed by atoms with Crippen molar-refractivity contribution in [3.05, 3.63) is 30.2 Å². The van der Waals surface area contributed by atoms with Crippen LogP contribution in [0.2, 0.25) is 0 Å². The third-order valence-corrected chi connectivity index (χ3v) is 4.15. The average Bonchev–Trinajstić information content (AvgIpc) is 2.99. The molecule has 4 heterocycles. The quantitative estimate of drug-likeness (QED) is 0.851. The highest BCUT2D eigenvalue weighted by Gasteiger charge is 2.19. The van der Waals surface area contributed by atoms with E-state index in [2.05, 4.69) is 22.2 Å².